The van der Waals surface area contributed by atoms with Crippen LogP contribution in [0.2, 0.25) is 0 Å². The summed E-state index contributed by atoms with van der Waals surface area (Å²) in [5.41, 5.74) is 9.66. The maximum Gasteiger partial charge on any atom is 0.261 e. The van der Waals surface area contributed by atoms with Gasteiger partial charge in [0.1, 0.15) is 18.0 Å². The summed E-state index contributed by atoms with van der Waals surface area (Å²) in [4.78, 5) is 9.26. The van der Waals surface area contributed by atoms with E-state index in [9.17, 15) is 0 Å². The van der Waals surface area contributed by atoms with Gasteiger partial charge in [-0.15, -0.1) is 0 Å². The third kappa shape index (κ3) is 3.27. The van der Waals surface area contributed by atoms with E-state index < -0.39 is 5.54 Å². The van der Waals surface area contributed by atoms with E-state index in [0.717, 1.165) is 48.2 Å². The van der Waals surface area contributed by atoms with Crippen LogP contribution in [0.5, 0.6) is 5.75 Å². The number of nitrogens with zero attached hydrogens (tertiary/aromatic N) is 4. The molecule has 1 aliphatic rings. The van der Waals surface area contributed by atoms with Crippen molar-refractivity contribution in [1.82, 2.24) is 19.5 Å². The van der Waals surface area contributed by atoms with E-state index in [1.165, 1.54) is 0 Å². The number of fused-ring (bicyclic) bond motifs is 1. The molecule has 0 spiro atoms. The summed E-state index contributed by atoms with van der Waals surface area (Å²) in [7, 11) is 0. The number of benzene rings is 1. The zero-order valence-electron chi connectivity index (χ0n) is 16.3. The number of imidazole rings is 1. The Morgan fingerprint density at radius 3 is 2.79 bits per heavy atom. The Hall–Kier alpha value is -3.19. The number of hydrogen-bond donors (Lipinski definition) is 1. The lowest BCUT2D eigenvalue weighted by Crippen LogP contribution is -2.34. The lowest BCUT2D eigenvalue weighted by Gasteiger charge is -2.17. The standard InChI is InChI=1S/C22H23N5O2/c1-15-7-6-12-27-13-16(24-19(15)27)14-28-18-9-3-2-8-17(18)20-25-21(26-29-20)22(23)10-4-5-11-22/h2-3,6-9,12-13H,4-5,10-11,14,23H2,1H3. The monoisotopic (exact) mass is 389 g/mol. The minimum atomic E-state index is -0.480. The number of aromatic nitrogens is 4. The summed E-state index contributed by atoms with van der Waals surface area (Å²) < 4.78 is 13.6. The molecule has 148 valence electrons. The van der Waals surface area contributed by atoms with Crippen molar-refractivity contribution in [3.05, 3.63) is 65.9 Å². The Morgan fingerprint density at radius 1 is 1.14 bits per heavy atom. The number of aryl methyl sites for hydroxylation is 1. The Bertz CT molecular complexity index is 1160. The summed E-state index contributed by atoms with van der Waals surface area (Å²) in [6, 6.07) is 11.7. The molecule has 0 amide bonds. The summed E-state index contributed by atoms with van der Waals surface area (Å²) >= 11 is 0. The highest BCUT2D eigenvalue weighted by Crippen LogP contribution is 2.36. The van der Waals surface area contributed by atoms with Gasteiger partial charge in [-0.25, -0.2) is 4.98 Å². The van der Waals surface area contributed by atoms with Crippen molar-refractivity contribution in [3.63, 3.8) is 0 Å². The molecule has 2 N–H and O–H groups in total. The SMILES string of the molecule is Cc1cccn2cc(COc3ccccc3-c3nc(C4(N)CCCC4)no3)nc12. The first kappa shape index (κ1) is 17.9. The average molecular weight is 389 g/mol. The van der Waals surface area contributed by atoms with Gasteiger partial charge in [0.2, 0.25) is 0 Å². The van der Waals surface area contributed by atoms with Gasteiger partial charge < -0.3 is 19.4 Å². The third-order valence-corrected chi connectivity index (χ3v) is 5.59. The van der Waals surface area contributed by atoms with Crippen molar-refractivity contribution in [2.24, 2.45) is 5.73 Å². The molecule has 7 nitrogen and oxygen atoms in total. The summed E-state index contributed by atoms with van der Waals surface area (Å²) in [5, 5.41) is 4.16. The van der Waals surface area contributed by atoms with Crippen LogP contribution in [-0.2, 0) is 12.1 Å². The number of rotatable bonds is 5. The number of hydrogen-bond acceptors (Lipinski definition) is 6. The molecule has 5 rings (SSSR count). The first-order valence-electron chi connectivity index (χ1n) is 9.91. The van der Waals surface area contributed by atoms with Crippen LogP contribution >= 0.6 is 0 Å². The van der Waals surface area contributed by atoms with Gasteiger partial charge in [0.05, 0.1) is 16.8 Å². The van der Waals surface area contributed by atoms with Crippen LogP contribution in [0.25, 0.3) is 17.1 Å². The van der Waals surface area contributed by atoms with Crippen molar-refractivity contribution in [1.29, 1.82) is 0 Å². The van der Waals surface area contributed by atoms with Crippen LogP contribution < -0.4 is 10.5 Å². The maximum atomic E-state index is 6.47. The number of ether oxygens (including phenoxy) is 1. The summed E-state index contributed by atoms with van der Waals surface area (Å²) in [6.45, 7) is 2.39. The third-order valence-electron chi connectivity index (χ3n) is 5.59. The van der Waals surface area contributed by atoms with E-state index in [1.807, 2.05) is 60.1 Å². The minimum absolute atomic E-state index is 0.347. The average Bonchev–Trinajstić information content (AvgIpc) is 3.47. The number of pyridine rings is 1. The summed E-state index contributed by atoms with van der Waals surface area (Å²) in [6.07, 6.45) is 7.93. The van der Waals surface area contributed by atoms with Crippen LogP contribution in [0.4, 0.5) is 0 Å². The van der Waals surface area contributed by atoms with Gasteiger partial charge in [0, 0.05) is 12.4 Å². The molecule has 1 saturated carbocycles. The molecule has 0 saturated heterocycles. The van der Waals surface area contributed by atoms with Crippen molar-refractivity contribution in [2.45, 2.75) is 44.8 Å². The highest BCUT2D eigenvalue weighted by Gasteiger charge is 2.36. The zero-order valence-corrected chi connectivity index (χ0v) is 16.3. The molecule has 0 bridgehead atoms. The number of nitrogens with two attached hydrogens (primary N) is 1. The largest absolute Gasteiger partial charge is 0.486 e. The number of para-hydroxylation sites is 1. The van der Waals surface area contributed by atoms with Crippen LogP contribution in [0.1, 0.15) is 42.8 Å². The molecule has 7 heteroatoms. The maximum absolute atomic E-state index is 6.47. The second-order valence-corrected chi connectivity index (χ2v) is 7.73. The lowest BCUT2D eigenvalue weighted by atomic mass is 9.99. The van der Waals surface area contributed by atoms with Crippen molar-refractivity contribution in [2.75, 3.05) is 0 Å². The fourth-order valence-corrected chi connectivity index (χ4v) is 3.96. The van der Waals surface area contributed by atoms with E-state index in [-0.39, 0.29) is 0 Å². The Labute approximate surface area is 168 Å². The Morgan fingerprint density at radius 2 is 1.97 bits per heavy atom. The fraction of sp³-hybridized carbons (Fsp3) is 0.318. The molecule has 1 aromatic carbocycles. The smallest absolute Gasteiger partial charge is 0.261 e. The first-order valence-corrected chi connectivity index (χ1v) is 9.91. The van der Waals surface area contributed by atoms with Crippen molar-refractivity contribution >= 4 is 5.65 Å². The van der Waals surface area contributed by atoms with E-state index >= 15 is 0 Å². The normalized spacial score (nSPS) is 15.8. The quantitative estimate of drug-likeness (QED) is 0.555. The highest BCUT2D eigenvalue weighted by molar-refractivity contribution is 5.62. The molecular formula is C22H23N5O2. The molecule has 4 aromatic rings. The van der Waals surface area contributed by atoms with Crippen molar-refractivity contribution < 1.29 is 9.26 Å². The van der Waals surface area contributed by atoms with Gasteiger partial charge in [-0.2, -0.15) is 4.98 Å². The molecule has 3 heterocycles. The second-order valence-electron chi connectivity index (χ2n) is 7.73. The molecule has 3 aromatic heterocycles. The van der Waals surface area contributed by atoms with Gasteiger partial charge in [-0.05, 0) is 43.5 Å². The van der Waals surface area contributed by atoms with E-state index in [0.29, 0.717) is 24.1 Å². The second kappa shape index (κ2) is 7.00. The minimum Gasteiger partial charge on any atom is -0.486 e. The van der Waals surface area contributed by atoms with Crippen LogP contribution in [0, 0.1) is 6.92 Å². The van der Waals surface area contributed by atoms with E-state index in [4.69, 9.17) is 15.0 Å². The first-order chi connectivity index (χ1) is 14.1. The zero-order chi connectivity index (χ0) is 19.8. The summed E-state index contributed by atoms with van der Waals surface area (Å²) in [5.74, 6) is 1.68. The Balaban J connectivity index is 1.39. The highest BCUT2D eigenvalue weighted by atomic mass is 16.5. The van der Waals surface area contributed by atoms with E-state index in [1.54, 1.807) is 0 Å². The molecule has 1 aliphatic carbocycles. The molecule has 1 fully saturated rings. The van der Waals surface area contributed by atoms with Crippen LogP contribution in [-0.4, -0.2) is 19.5 Å². The fourth-order valence-electron chi connectivity index (χ4n) is 3.96. The molecular weight excluding hydrogens is 366 g/mol. The van der Waals surface area contributed by atoms with Gasteiger partial charge in [-0.1, -0.05) is 36.2 Å². The van der Waals surface area contributed by atoms with Crippen LogP contribution in [0.15, 0.2) is 53.3 Å². The predicted molar refractivity (Wildman–Crippen MR) is 108 cm³/mol. The van der Waals surface area contributed by atoms with Gasteiger partial charge in [-0.3, -0.25) is 0 Å². The molecule has 0 atom stereocenters. The molecule has 0 radical (unpaired) electrons. The Kier molecular flexibility index (Phi) is 4.32. The van der Waals surface area contributed by atoms with E-state index in [2.05, 4.69) is 15.1 Å². The molecule has 0 unspecified atom stereocenters. The van der Waals surface area contributed by atoms with Gasteiger partial charge in [0.25, 0.3) is 5.89 Å². The van der Waals surface area contributed by atoms with Crippen LogP contribution in [0.3, 0.4) is 0 Å². The predicted octanol–water partition coefficient (Wildman–Crippen LogP) is 4.00. The topological polar surface area (TPSA) is 91.5 Å². The molecule has 0 aliphatic heterocycles. The van der Waals surface area contributed by atoms with Crippen molar-refractivity contribution in [3.8, 4) is 17.2 Å². The van der Waals surface area contributed by atoms with Gasteiger partial charge in [0.15, 0.2) is 5.82 Å². The lowest BCUT2D eigenvalue weighted by molar-refractivity contribution is 0.301. The van der Waals surface area contributed by atoms with Gasteiger partial charge >= 0.3 is 0 Å². The molecule has 29 heavy (non-hydrogen) atoms.